The van der Waals surface area contributed by atoms with Crippen LogP contribution in [0.4, 0.5) is 0 Å². The third-order valence-electron chi connectivity index (χ3n) is 5.89. The lowest BCUT2D eigenvalue weighted by atomic mass is 9.74. The smallest absolute Gasteiger partial charge is 0.310 e. The van der Waals surface area contributed by atoms with Crippen molar-refractivity contribution in [3.05, 3.63) is 0 Å². The summed E-state index contributed by atoms with van der Waals surface area (Å²) in [6.45, 7) is 6.30. The van der Waals surface area contributed by atoms with Crippen molar-refractivity contribution in [2.75, 3.05) is 19.8 Å². The van der Waals surface area contributed by atoms with Crippen LogP contribution in [0.25, 0.3) is 0 Å². The molecule has 1 unspecified atom stereocenters. The van der Waals surface area contributed by atoms with Gasteiger partial charge in [-0.1, -0.05) is 20.3 Å². The number of ether oxygens (including phenoxy) is 1. The molecule has 1 saturated heterocycles. The summed E-state index contributed by atoms with van der Waals surface area (Å²) >= 11 is 0. The van der Waals surface area contributed by atoms with E-state index in [1.165, 1.54) is 19.3 Å². The van der Waals surface area contributed by atoms with E-state index < -0.39 is 11.4 Å². The molecule has 116 valence electrons. The first kappa shape index (κ1) is 15.8. The van der Waals surface area contributed by atoms with Crippen molar-refractivity contribution in [1.29, 1.82) is 0 Å². The highest BCUT2D eigenvalue weighted by molar-refractivity contribution is 5.74. The number of carboxylic acids is 1. The number of hydrogen-bond acceptors (Lipinski definition) is 3. The normalized spacial score (nSPS) is 26.0. The molecule has 1 atom stereocenters. The average Bonchev–Trinajstić information content (AvgIpc) is 2.83. The Balaban J connectivity index is 2.00. The van der Waals surface area contributed by atoms with Crippen LogP contribution < -0.4 is 5.32 Å². The molecule has 1 heterocycles. The van der Waals surface area contributed by atoms with Crippen LogP contribution in [0.3, 0.4) is 0 Å². The van der Waals surface area contributed by atoms with Crippen LogP contribution in [0, 0.1) is 10.8 Å². The lowest BCUT2D eigenvalue weighted by molar-refractivity contribution is -0.149. The molecule has 0 amide bonds. The summed E-state index contributed by atoms with van der Waals surface area (Å²) in [6, 6.07) is 0.475. The molecule has 0 aromatic heterocycles. The van der Waals surface area contributed by atoms with Crippen molar-refractivity contribution >= 4 is 5.97 Å². The number of carboxylic acid groups (broad SMARTS) is 1. The maximum Gasteiger partial charge on any atom is 0.310 e. The summed E-state index contributed by atoms with van der Waals surface area (Å²) in [4.78, 5) is 11.6. The van der Waals surface area contributed by atoms with Crippen molar-refractivity contribution in [2.45, 2.75) is 64.8 Å². The van der Waals surface area contributed by atoms with Gasteiger partial charge < -0.3 is 15.2 Å². The number of aliphatic carboxylic acids is 1. The van der Waals surface area contributed by atoms with Crippen molar-refractivity contribution in [3.63, 3.8) is 0 Å². The van der Waals surface area contributed by atoms with Gasteiger partial charge in [-0.25, -0.2) is 0 Å². The fourth-order valence-electron chi connectivity index (χ4n) is 4.03. The Bertz CT molecular complexity index is 333. The maximum atomic E-state index is 11.6. The zero-order valence-corrected chi connectivity index (χ0v) is 12.9. The van der Waals surface area contributed by atoms with Gasteiger partial charge in [0.25, 0.3) is 0 Å². The number of nitrogens with one attached hydrogen (secondary N) is 1. The molecular formula is C16H29NO3. The van der Waals surface area contributed by atoms with Crippen LogP contribution in [0.15, 0.2) is 0 Å². The molecule has 2 rings (SSSR count). The second-order valence-electron chi connectivity index (χ2n) is 6.59. The molecule has 1 aliphatic heterocycles. The van der Waals surface area contributed by atoms with Gasteiger partial charge in [0.05, 0.1) is 5.41 Å². The Morgan fingerprint density at radius 3 is 2.50 bits per heavy atom. The molecule has 0 bridgehead atoms. The Morgan fingerprint density at radius 2 is 1.95 bits per heavy atom. The van der Waals surface area contributed by atoms with Crippen molar-refractivity contribution in [1.82, 2.24) is 5.32 Å². The molecule has 1 aliphatic carbocycles. The van der Waals surface area contributed by atoms with E-state index in [1.807, 2.05) is 13.8 Å². The topological polar surface area (TPSA) is 58.6 Å². The summed E-state index contributed by atoms with van der Waals surface area (Å²) in [7, 11) is 0. The Hall–Kier alpha value is -0.610. The molecule has 20 heavy (non-hydrogen) atoms. The predicted molar refractivity (Wildman–Crippen MR) is 78.8 cm³/mol. The Kier molecular flexibility index (Phi) is 5.08. The molecule has 0 radical (unpaired) electrons. The second-order valence-corrected chi connectivity index (χ2v) is 6.59. The first-order valence-electron chi connectivity index (χ1n) is 8.13. The molecule has 2 N–H and O–H groups in total. The monoisotopic (exact) mass is 283 g/mol. The van der Waals surface area contributed by atoms with Crippen LogP contribution >= 0.6 is 0 Å². The standard InChI is InChI=1S/C16H29NO3/c1-3-15(4-2,14(18)19)12-17-13-6-5-7-16(13)8-10-20-11-9-16/h13,17H,3-12H2,1-2H3,(H,18,19). The van der Waals surface area contributed by atoms with E-state index in [-0.39, 0.29) is 0 Å². The van der Waals surface area contributed by atoms with Crippen molar-refractivity contribution < 1.29 is 14.6 Å². The summed E-state index contributed by atoms with van der Waals surface area (Å²) in [5.74, 6) is -0.658. The van der Waals surface area contributed by atoms with Gasteiger partial charge in [0, 0.05) is 25.8 Å². The highest BCUT2D eigenvalue weighted by Crippen LogP contribution is 2.46. The van der Waals surface area contributed by atoms with Gasteiger partial charge in [-0.15, -0.1) is 0 Å². The number of rotatable bonds is 6. The van der Waals surface area contributed by atoms with Crippen molar-refractivity contribution in [3.8, 4) is 0 Å². The molecule has 0 aromatic rings. The van der Waals surface area contributed by atoms with Crippen LogP contribution in [-0.2, 0) is 9.53 Å². The first-order valence-corrected chi connectivity index (χ1v) is 8.13. The van der Waals surface area contributed by atoms with Gasteiger partial charge >= 0.3 is 5.97 Å². The predicted octanol–water partition coefficient (Wildman–Crippen LogP) is 2.82. The minimum absolute atomic E-state index is 0.365. The van der Waals surface area contributed by atoms with Crippen LogP contribution in [0.2, 0.25) is 0 Å². The number of carbonyl (C=O) groups is 1. The van der Waals surface area contributed by atoms with E-state index >= 15 is 0 Å². The fraction of sp³-hybridized carbons (Fsp3) is 0.938. The molecule has 4 heteroatoms. The Labute approximate surface area is 122 Å². The third kappa shape index (κ3) is 2.86. The summed E-state index contributed by atoms with van der Waals surface area (Å²) in [6.07, 6.45) is 7.35. The van der Waals surface area contributed by atoms with E-state index in [0.29, 0.717) is 30.8 Å². The highest BCUT2D eigenvalue weighted by Gasteiger charge is 2.45. The Morgan fingerprint density at radius 1 is 1.30 bits per heavy atom. The van der Waals surface area contributed by atoms with Gasteiger partial charge in [-0.05, 0) is 43.9 Å². The fourth-order valence-corrected chi connectivity index (χ4v) is 4.03. The first-order chi connectivity index (χ1) is 9.58. The van der Waals surface area contributed by atoms with E-state index in [1.54, 1.807) is 0 Å². The molecule has 4 nitrogen and oxygen atoms in total. The second kappa shape index (κ2) is 6.44. The SMILES string of the molecule is CCC(CC)(CNC1CCCC12CCOCC2)C(=O)O. The highest BCUT2D eigenvalue weighted by atomic mass is 16.5. The van der Waals surface area contributed by atoms with E-state index in [2.05, 4.69) is 5.32 Å². The molecule has 2 aliphatic rings. The minimum Gasteiger partial charge on any atom is -0.481 e. The molecule has 1 spiro atoms. The zero-order chi connectivity index (χ0) is 14.6. The lowest BCUT2D eigenvalue weighted by Crippen LogP contribution is -2.50. The van der Waals surface area contributed by atoms with E-state index in [9.17, 15) is 9.90 Å². The van der Waals surface area contributed by atoms with Gasteiger partial charge in [0.15, 0.2) is 0 Å². The lowest BCUT2D eigenvalue weighted by Gasteiger charge is -2.41. The van der Waals surface area contributed by atoms with Crippen LogP contribution in [0.5, 0.6) is 0 Å². The average molecular weight is 283 g/mol. The van der Waals surface area contributed by atoms with E-state index in [4.69, 9.17) is 4.74 Å². The largest absolute Gasteiger partial charge is 0.481 e. The van der Waals surface area contributed by atoms with Crippen molar-refractivity contribution in [2.24, 2.45) is 10.8 Å². The summed E-state index contributed by atoms with van der Waals surface area (Å²) in [5.41, 5.74) is -0.237. The summed E-state index contributed by atoms with van der Waals surface area (Å²) in [5, 5.41) is 13.2. The van der Waals surface area contributed by atoms with Crippen LogP contribution in [0.1, 0.15) is 58.8 Å². The van der Waals surface area contributed by atoms with Crippen LogP contribution in [-0.4, -0.2) is 36.9 Å². The zero-order valence-electron chi connectivity index (χ0n) is 12.9. The molecule has 1 saturated carbocycles. The van der Waals surface area contributed by atoms with Gasteiger partial charge in [0.2, 0.25) is 0 Å². The number of hydrogen-bond donors (Lipinski definition) is 2. The van der Waals surface area contributed by atoms with E-state index in [0.717, 1.165) is 26.1 Å². The minimum atomic E-state index is -0.658. The molecule has 2 fully saturated rings. The maximum absolute atomic E-state index is 11.6. The summed E-state index contributed by atoms with van der Waals surface area (Å²) < 4.78 is 5.51. The quantitative estimate of drug-likeness (QED) is 0.787. The molecule has 0 aromatic carbocycles. The van der Waals surface area contributed by atoms with Gasteiger partial charge in [-0.3, -0.25) is 4.79 Å². The third-order valence-corrected chi connectivity index (χ3v) is 5.89. The molecular weight excluding hydrogens is 254 g/mol. The van der Waals surface area contributed by atoms with Gasteiger partial charge in [-0.2, -0.15) is 0 Å². The van der Waals surface area contributed by atoms with Gasteiger partial charge in [0.1, 0.15) is 0 Å².